The molecule has 1 aromatic rings. The number of rotatable bonds is 7. The lowest BCUT2D eigenvalue weighted by molar-refractivity contribution is 0.376. The van der Waals surface area contributed by atoms with Crippen molar-refractivity contribution in [3.63, 3.8) is 0 Å². The maximum atomic E-state index is 4.65. The molecule has 0 unspecified atom stereocenters. The number of nitrogens with one attached hydrogen (secondary N) is 1. The predicted molar refractivity (Wildman–Crippen MR) is 88.9 cm³/mol. The third-order valence-electron chi connectivity index (χ3n) is 4.10. The molecule has 0 spiro atoms. The van der Waals surface area contributed by atoms with Gasteiger partial charge >= 0.3 is 0 Å². The standard InChI is InChI=1S/C16H29N5/c1-4-5-14-7-11-21(12-8-14)16-18-9-6-15(19-16)17-10-13-20(2)3/h6,9,14H,4-5,7-8,10-13H2,1-3H3,(H,17,18,19). The Bertz CT molecular complexity index is 413. The zero-order chi connectivity index (χ0) is 15.1. The molecule has 0 aromatic carbocycles. The highest BCUT2D eigenvalue weighted by atomic mass is 15.3. The predicted octanol–water partition coefficient (Wildman–Crippen LogP) is 2.47. The number of likely N-dealkylation sites (N-methyl/N-ethyl adjacent to an activating group) is 1. The van der Waals surface area contributed by atoms with E-state index in [1.807, 2.05) is 12.3 Å². The van der Waals surface area contributed by atoms with Gasteiger partial charge in [0.15, 0.2) is 0 Å². The van der Waals surface area contributed by atoms with Gasteiger partial charge < -0.3 is 15.1 Å². The first-order valence-corrected chi connectivity index (χ1v) is 8.15. The van der Waals surface area contributed by atoms with Crippen LogP contribution in [0.2, 0.25) is 0 Å². The minimum Gasteiger partial charge on any atom is -0.369 e. The van der Waals surface area contributed by atoms with Gasteiger partial charge in [-0.05, 0) is 38.9 Å². The molecule has 0 saturated carbocycles. The SMILES string of the molecule is CCCC1CCN(c2nccc(NCCN(C)C)n2)CC1. The number of hydrogen-bond donors (Lipinski definition) is 1. The Hall–Kier alpha value is -1.36. The fraction of sp³-hybridized carbons (Fsp3) is 0.750. The molecule has 1 N–H and O–H groups in total. The molecule has 118 valence electrons. The Balaban J connectivity index is 1.86. The first-order valence-electron chi connectivity index (χ1n) is 8.15. The van der Waals surface area contributed by atoms with Crippen LogP contribution >= 0.6 is 0 Å². The molecule has 0 aliphatic carbocycles. The van der Waals surface area contributed by atoms with Gasteiger partial charge in [-0.15, -0.1) is 0 Å². The van der Waals surface area contributed by atoms with Gasteiger partial charge in [0.1, 0.15) is 5.82 Å². The summed E-state index contributed by atoms with van der Waals surface area (Å²) in [6, 6.07) is 1.95. The van der Waals surface area contributed by atoms with E-state index >= 15 is 0 Å². The molecule has 0 amide bonds. The van der Waals surface area contributed by atoms with Crippen molar-refractivity contribution in [1.29, 1.82) is 0 Å². The molecule has 1 aliphatic heterocycles. The average Bonchev–Trinajstić information content (AvgIpc) is 2.48. The van der Waals surface area contributed by atoms with Crippen molar-refractivity contribution >= 4 is 11.8 Å². The highest BCUT2D eigenvalue weighted by Crippen LogP contribution is 2.24. The summed E-state index contributed by atoms with van der Waals surface area (Å²) in [5, 5.41) is 3.37. The second-order valence-corrected chi connectivity index (χ2v) is 6.19. The summed E-state index contributed by atoms with van der Waals surface area (Å²) >= 11 is 0. The lowest BCUT2D eigenvalue weighted by Gasteiger charge is -2.32. The highest BCUT2D eigenvalue weighted by Gasteiger charge is 2.20. The Kier molecular flexibility index (Phi) is 6.23. The summed E-state index contributed by atoms with van der Waals surface area (Å²) in [5.41, 5.74) is 0. The van der Waals surface area contributed by atoms with Gasteiger partial charge in [-0.25, -0.2) is 4.98 Å². The monoisotopic (exact) mass is 291 g/mol. The van der Waals surface area contributed by atoms with Crippen LogP contribution in [0.15, 0.2) is 12.3 Å². The summed E-state index contributed by atoms with van der Waals surface area (Å²) in [5.74, 6) is 2.70. The maximum Gasteiger partial charge on any atom is 0.227 e. The van der Waals surface area contributed by atoms with Gasteiger partial charge in [0.25, 0.3) is 0 Å². The van der Waals surface area contributed by atoms with Crippen LogP contribution in [0.1, 0.15) is 32.6 Å². The van der Waals surface area contributed by atoms with Crippen molar-refractivity contribution < 1.29 is 0 Å². The van der Waals surface area contributed by atoms with Crippen LogP contribution < -0.4 is 10.2 Å². The van der Waals surface area contributed by atoms with E-state index in [0.29, 0.717) is 0 Å². The summed E-state index contributed by atoms with van der Waals surface area (Å²) < 4.78 is 0. The van der Waals surface area contributed by atoms with Crippen LogP contribution in [-0.2, 0) is 0 Å². The van der Waals surface area contributed by atoms with Gasteiger partial charge in [0.05, 0.1) is 0 Å². The zero-order valence-electron chi connectivity index (χ0n) is 13.7. The Morgan fingerprint density at radius 2 is 2.10 bits per heavy atom. The molecule has 2 heterocycles. The summed E-state index contributed by atoms with van der Waals surface area (Å²) in [4.78, 5) is 13.6. The van der Waals surface area contributed by atoms with E-state index < -0.39 is 0 Å². The van der Waals surface area contributed by atoms with Gasteiger partial charge in [-0.2, -0.15) is 4.98 Å². The van der Waals surface area contributed by atoms with Crippen LogP contribution in [-0.4, -0.2) is 55.1 Å². The molecule has 5 heteroatoms. The molecule has 1 aliphatic rings. The van der Waals surface area contributed by atoms with Crippen molar-refractivity contribution in [2.75, 3.05) is 50.5 Å². The van der Waals surface area contributed by atoms with E-state index in [-0.39, 0.29) is 0 Å². The van der Waals surface area contributed by atoms with E-state index in [4.69, 9.17) is 0 Å². The topological polar surface area (TPSA) is 44.3 Å². The van der Waals surface area contributed by atoms with E-state index in [1.165, 1.54) is 25.7 Å². The van der Waals surface area contributed by atoms with Crippen molar-refractivity contribution in [2.45, 2.75) is 32.6 Å². The van der Waals surface area contributed by atoms with Crippen molar-refractivity contribution in [1.82, 2.24) is 14.9 Å². The minimum atomic E-state index is 0.875. The lowest BCUT2D eigenvalue weighted by atomic mass is 9.93. The van der Waals surface area contributed by atoms with Crippen LogP contribution in [0.25, 0.3) is 0 Å². The lowest BCUT2D eigenvalue weighted by Crippen LogP contribution is -2.35. The molecule has 0 atom stereocenters. The molecule has 0 radical (unpaired) electrons. The smallest absolute Gasteiger partial charge is 0.227 e. The summed E-state index contributed by atoms with van der Waals surface area (Å²) in [6.07, 6.45) is 7.07. The average molecular weight is 291 g/mol. The molecular weight excluding hydrogens is 262 g/mol. The summed E-state index contributed by atoms with van der Waals surface area (Å²) in [6.45, 7) is 6.36. The van der Waals surface area contributed by atoms with Crippen LogP contribution in [0.5, 0.6) is 0 Å². The van der Waals surface area contributed by atoms with Gasteiger partial charge in [0.2, 0.25) is 5.95 Å². The zero-order valence-corrected chi connectivity index (χ0v) is 13.7. The Labute approximate surface area is 128 Å². The molecule has 1 saturated heterocycles. The quantitative estimate of drug-likeness (QED) is 0.836. The first-order chi connectivity index (χ1) is 10.2. The van der Waals surface area contributed by atoms with Crippen molar-refractivity contribution in [3.8, 4) is 0 Å². The van der Waals surface area contributed by atoms with E-state index in [1.54, 1.807) is 0 Å². The third-order valence-corrected chi connectivity index (χ3v) is 4.10. The Morgan fingerprint density at radius 1 is 1.33 bits per heavy atom. The number of aromatic nitrogens is 2. The van der Waals surface area contributed by atoms with Crippen LogP contribution in [0, 0.1) is 5.92 Å². The van der Waals surface area contributed by atoms with Gasteiger partial charge in [0, 0.05) is 32.4 Å². The molecule has 0 bridgehead atoms. The van der Waals surface area contributed by atoms with E-state index in [9.17, 15) is 0 Å². The molecule has 5 nitrogen and oxygen atoms in total. The normalized spacial score (nSPS) is 16.5. The van der Waals surface area contributed by atoms with Crippen LogP contribution in [0.3, 0.4) is 0 Å². The molecule has 21 heavy (non-hydrogen) atoms. The molecule has 2 rings (SSSR count). The van der Waals surface area contributed by atoms with Gasteiger partial charge in [-0.3, -0.25) is 0 Å². The largest absolute Gasteiger partial charge is 0.369 e. The number of hydrogen-bond acceptors (Lipinski definition) is 5. The van der Waals surface area contributed by atoms with E-state index in [0.717, 1.165) is 43.9 Å². The second-order valence-electron chi connectivity index (χ2n) is 6.19. The van der Waals surface area contributed by atoms with Crippen molar-refractivity contribution in [2.24, 2.45) is 5.92 Å². The van der Waals surface area contributed by atoms with Crippen LogP contribution in [0.4, 0.5) is 11.8 Å². The summed E-state index contributed by atoms with van der Waals surface area (Å²) in [7, 11) is 4.15. The fourth-order valence-electron chi connectivity index (χ4n) is 2.84. The molecular formula is C16H29N5. The third kappa shape index (κ3) is 5.16. The molecule has 1 fully saturated rings. The Morgan fingerprint density at radius 3 is 2.76 bits per heavy atom. The maximum absolute atomic E-state index is 4.65. The first kappa shape index (κ1) is 16.0. The number of anilines is 2. The molecule has 1 aromatic heterocycles. The fourth-order valence-corrected chi connectivity index (χ4v) is 2.84. The minimum absolute atomic E-state index is 0.875. The number of piperidine rings is 1. The number of nitrogens with zero attached hydrogens (tertiary/aromatic N) is 4. The van der Waals surface area contributed by atoms with E-state index in [2.05, 4.69) is 46.1 Å². The van der Waals surface area contributed by atoms with Gasteiger partial charge in [-0.1, -0.05) is 19.8 Å². The highest BCUT2D eigenvalue weighted by molar-refractivity contribution is 5.41. The second kappa shape index (κ2) is 8.17. The van der Waals surface area contributed by atoms with Crippen molar-refractivity contribution in [3.05, 3.63) is 12.3 Å².